The average molecular weight is 209 g/mol. The van der Waals surface area contributed by atoms with Crippen molar-refractivity contribution in [2.45, 2.75) is 0 Å². The van der Waals surface area contributed by atoms with Crippen LogP contribution in [-0.2, 0) is 4.79 Å². The molecule has 0 fully saturated rings. The Morgan fingerprint density at radius 1 is 1.36 bits per heavy atom. The second-order valence-corrected chi connectivity index (χ2v) is 2.83. The maximum atomic E-state index is 10.5. The van der Waals surface area contributed by atoms with Crippen molar-refractivity contribution in [3.05, 3.63) is 28.3 Å². The summed E-state index contributed by atoms with van der Waals surface area (Å²) in [6, 6.07) is 2.69. The fraction of sp³-hybridized carbons (Fsp3) is 0. The van der Waals surface area contributed by atoms with Crippen molar-refractivity contribution >= 4 is 24.2 Å². The Bertz CT molecular complexity index is 441. The summed E-state index contributed by atoms with van der Waals surface area (Å²) in [6.45, 7) is 0. The van der Waals surface area contributed by atoms with Crippen LogP contribution in [-0.4, -0.2) is 17.7 Å². The van der Waals surface area contributed by atoms with E-state index in [-0.39, 0.29) is 21.9 Å². The summed E-state index contributed by atoms with van der Waals surface area (Å²) >= 11 is 5.65. The maximum absolute atomic E-state index is 10.5. The summed E-state index contributed by atoms with van der Waals surface area (Å²) < 4.78 is 0. The highest BCUT2D eigenvalue weighted by atomic mass is 35.5. The SMILES string of the molecule is O=CC#Cc1cc(Cl)cc(C=O)c1O. The fourth-order valence-electron chi connectivity index (χ4n) is 0.913. The molecule has 0 saturated heterocycles. The van der Waals surface area contributed by atoms with Gasteiger partial charge in [-0.05, 0) is 18.1 Å². The van der Waals surface area contributed by atoms with E-state index in [1.54, 1.807) is 0 Å². The Kier molecular flexibility index (Phi) is 3.27. The summed E-state index contributed by atoms with van der Waals surface area (Å²) in [6.07, 6.45) is 0.855. The highest BCUT2D eigenvalue weighted by Crippen LogP contribution is 2.24. The van der Waals surface area contributed by atoms with Gasteiger partial charge in [-0.2, -0.15) is 0 Å². The molecule has 4 heteroatoms. The van der Waals surface area contributed by atoms with Crippen LogP contribution in [0.25, 0.3) is 0 Å². The molecule has 0 radical (unpaired) electrons. The first-order chi connectivity index (χ1) is 6.69. The Balaban J connectivity index is 3.35. The molecular weight excluding hydrogens is 204 g/mol. The van der Waals surface area contributed by atoms with Crippen molar-refractivity contribution in [3.8, 4) is 17.6 Å². The van der Waals surface area contributed by atoms with E-state index in [0.717, 1.165) is 0 Å². The molecule has 0 unspecified atom stereocenters. The third-order valence-corrected chi connectivity index (χ3v) is 1.72. The number of phenols is 1. The number of halogens is 1. The van der Waals surface area contributed by atoms with E-state index in [0.29, 0.717) is 12.6 Å². The molecule has 0 spiro atoms. The normalized spacial score (nSPS) is 8.64. The van der Waals surface area contributed by atoms with Crippen molar-refractivity contribution in [1.29, 1.82) is 0 Å². The van der Waals surface area contributed by atoms with E-state index in [2.05, 4.69) is 11.8 Å². The molecular formula is C10H5ClO3. The van der Waals surface area contributed by atoms with Crippen LogP contribution >= 0.6 is 11.6 Å². The van der Waals surface area contributed by atoms with E-state index in [1.807, 2.05) is 0 Å². The van der Waals surface area contributed by atoms with Gasteiger partial charge in [-0.3, -0.25) is 9.59 Å². The minimum Gasteiger partial charge on any atom is -0.506 e. The van der Waals surface area contributed by atoms with Crippen LogP contribution in [0.3, 0.4) is 0 Å². The molecule has 0 saturated carbocycles. The Morgan fingerprint density at radius 3 is 2.64 bits per heavy atom. The van der Waals surface area contributed by atoms with E-state index in [1.165, 1.54) is 12.1 Å². The van der Waals surface area contributed by atoms with E-state index >= 15 is 0 Å². The first kappa shape index (κ1) is 10.3. The molecule has 1 rings (SSSR count). The summed E-state index contributed by atoms with van der Waals surface area (Å²) in [5.41, 5.74) is 0.208. The molecule has 1 aromatic carbocycles. The minimum atomic E-state index is -0.265. The van der Waals surface area contributed by atoms with Crippen molar-refractivity contribution in [1.82, 2.24) is 0 Å². The zero-order valence-electron chi connectivity index (χ0n) is 6.95. The molecule has 0 atom stereocenters. The van der Waals surface area contributed by atoms with Gasteiger partial charge in [0.15, 0.2) is 12.6 Å². The van der Waals surface area contributed by atoms with E-state index in [9.17, 15) is 14.7 Å². The monoisotopic (exact) mass is 208 g/mol. The second kappa shape index (κ2) is 4.45. The van der Waals surface area contributed by atoms with Gasteiger partial charge in [0.2, 0.25) is 0 Å². The number of rotatable bonds is 1. The number of aldehydes is 2. The molecule has 3 nitrogen and oxygen atoms in total. The quantitative estimate of drug-likeness (QED) is 0.561. The standard InChI is InChI=1S/C10H5ClO3/c11-9-4-7(2-1-3-12)10(14)8(5-9)6-13/h3-6,14H. The number of hydrogen-bond acceptors (Lipinski definition) is 3. The van der Waals surface area contributed by atoms with Gasteiger partial charge in [-0.15, -0.1) is 0 Å². The van der Waals surface area contributed by atoms with Crippen LogP contribution in [0.2, 0.25) is 5.02 Å². The van der Waals surface area contributed by atoms with Gasteiger partial charge >= 0.3 is 0 Å². The van der Waals surface area contributed by atoms with Crippen molar-refractivity contribution in [3.63, 3.8) is 0 Å². The van der Waals surface area contributed by atoms with Gasteiger partial charge in [0.25, 0.3) is 0 Å². The van der Waals surface area contributed by atoms with Crippen LogP contribution in [0.4, 0.5) is 0 Å². The van der Waals surface area contributed by atoms with E-state index in [4.69, 9.17) is 11.6 Å². The fourth-order valence-corrected chi connectivity index (χ4v) is 1.14. The zero-order chi connectivity index (χ0) is 10.6. The number of aromatic hydroxyl groups is 1. The molecule has 0 aliphatic heterocycles. The number of hydrogen-bond donors (Lipinski definition) is 1. The molecule has 14 heavy (non-hydrogen) atoms. The molecule has 1 N–H and O–H groups in total. The lowest BCUT2D eigenvalue weighted by atomic mass is 10.1. The summed E-state index contributed by atoms with van der Waals surface area (Å²) in [4.78, 5) is 20.4. The van der Waals surface area contributed by atoms with Gasteiger partial charge in [0.1, 0.15) is 5.75 Å². The smallest absolute Gasteiger partial charge is 0.193 e. The third-order valence-electron chi connectivity index (χ3n) is 1.50. The van der Waals surface area contributed by atoms with Crippen LogP contribution in [0, 0.1) is 11.8 Å². The van der Waals surface area contributed by atoms with Crippen LogP contribution < -0.4 is 0 Å². The molecule has 0 bridgehead atoms. The highest BCUT2D eigenvalue weighted by Gasteiger charge is 2.06. The van der Waals surface area contributed by atoms with Crippen LogP contribution in [0.15, 0.2) is 12.1 Å². The Morgan fingerprint density at radius 2 is 2.07 bits per heavy atom. The molecule has 0 aliphatic rings. The van der Waals surface area contributed by atoms with Gasteiger partial charge in [-0.25, -0.2) is 0 Å². The predicted molar refractivity (Wildman–Crippen MR) is 51.4 cm³/mol. The lowest BCUT2D eigenvalue weighted by molar-refractivity contribution is -0.103. The van der Waals surface area contributed by atoms with Gasteiger partial charge < -0.3 is 5.11 Å². The van der Waals surface area contributed by atoms with Crippen LogP contribution in [0.5, 0.6) is 5.75 Å². The van der Waals surface area contributed by atoms with E-state index < -0.39 is 0 Å². The lowest BCUT2D eigenvalue weighted by Gasteiger charge is -2.00. The third kappa shape index (κ3) is 2.12. The topological polar surface area (TPSA) is 54.4 Å². The van der Waals surface area contributed by atoms with Crippen molar-refractivity contribution in [2.75, 3.05) is 0 Å². The van der Waals surface area contributed by atoms with Crippen molar-refractivity contribution < 1.29 is 14.7 Å². The molecule has 0 aliphatic carbocycles. The highest BCUT2D eigenvalue weighted by molar-refractivity contribution is 6.31. The molecule has 0 aromatic heterocycles. The van der Waals surface area contributed by atoms with Crippen molar-refractivity contribution in [2.24, 2.45) is 0 Å². The Hall–Kier alpha value is -1.79. The predicted octanol–water partition coefficient (Wildman–Crippen LogP) is 1.41. The minimum absolute atomic E-state index is 0.0488. The van der Waals surface area contributed by atoms with Gasteiger partial charge in [0, 0.05) is 5.02 Å². The van der Waals surface area contributed by atoms with Gasteiger partial charge in [0.05, 0.1) is 11.1 Å². The summed E-state index contributed by atoms with van der Waals surface area (Å²) in [7, 11) is 0. The first-order valence-corrected chi connectivity index (χ1v) is 3.99. The number of carbonyl (C=O) groups is 2. The van der Waals surface area contributed by atoms with Gasteiger partial charge in [-0.1, -0.05) is 17.5 Å². The van der Waals surface area contributed by atoms with Crippen LogP contribution in [0.1, 0.15) is 15.9 Å². The Labute approximate surface area is 85.3 Å². The maximum Gasteiger partial charge on any atom is 0.193 e. The number of phenolic OH excluding ortho intramolecular Hbond substituents is 1. The molecule has 1 aromatic rings. The molecule has 70 valence electrons. The number of benzene rings is 1. The summed E-state index contributed by atoms with van der Waals surface area (Å²) in [5, 5.41) is 9.71. The lowest BCUT2D eigenvalue weighted by Crippen LogP contribution is -1.86. The largest absolute Gasteiger partial charge is 0.506 e. The zero-order valence-corrected chi connectivity index (χ0v) is 7.71. The molecule has 0 amide bonds. The first-order valence-electron chi connectivity index (χ1n) is 3.62. The summed E-state index contributed by atoms with van der Waals surface area (Å²) in [5.74, 6) is 4.22. The number of carbonyl (C=O) groups excluding carboxylic acids is 2. The second-order valence-electron chi connectivity index (χ2n) is 2.40. The molecule has 0 heterocycles. The average Bonchev–Trinajstić information content (AvgIpc) is 2.18.